The monoisotopic (exact) mass is 236 g/mol. The van der Waals surface area contributed by atoms with Crippen LogP contribution in [0.15, 0.2) is 18.2 Å². The van der Waals surface area contributed by atoms with Gasteiger partial charge in [0.15, 0.2) is 0 Å². The summed E-state index contributed by atoms with van der Waals surface area (Å²) in [6.45, 7) is 1.49. The molecule has 0 saturated heterocycles. The first-order valence-corrected chi connectivity index (χ1v) is 4.56. The van der Waals surface area contributed by atoms with E-state index in [1.165, 1.54) is 6.92 Å². The fourth-order valence-electron chi connectivity index (χ4n) is 1.14. The van der Waals surface area contributed by atoms with Gasteiger partial charge >= 0.3 is 6.18 Å². The molecule has 0 spiro atoms. The third kappa shape index (κ3) is 2.72. The molecule has 0 heterocycles. The molecule has 0 fully saturated rings. The zero-order chi connectivity index (χ0) is 11.6. The topological polar surface area (TPSA) is 17.1 Å². The minimum atomic E-state index is -4.41. The minimum Gasteiger partial charge on any atom is -0.303 e. The highest BCUT2D eigenvalue weighted by atomic mass is 35.5. The smallest absolute Gasteiger partial charge is 0.303 e. The highest BCUT2D eigenvalue weighted by Crippen LogP contribution is 2.33. The van der Waals surface area contributed by atoms with Crippen molar-refractivity contribution in [3.8, 4) is 0 Å². The summed E-state index contributed by atoms with van der Waals surface area (Å²) in [4.78, 5) is 10.5. The van der Waals surface area contributed by atoms with Gasteiger partial charge in [-0.15, -0.1) is 0 Å². The molecule has 0 amide bonds. The molecule has 1 rings (SSSR count). The SMILES string of the molecule is CC(C=O)c1cc(C(F)(F)F)ccc1Cl. The van der Waals surface area contributed by atoms with Gasteiger partial charge in [0.05, 0.1) is 5.56 Å². The number of carbonyl (C=O) groups is 1. The van der Waals surface area contributed by atoms with Crippen molar-refractivity contribution >= 4 is 17.9 Å². The molecule has 0 bridgehead atoms. The van der Waals surface area contributed by atoms with Crippen molar-refractivity contribution in [3.63, 3.8) is 0 Å². The number of benzene rings is 1. The fraction of sp³-hybridized carbons (Fsp3) is 0.300. The molecule has 1 aromatic carbocycles. The Labute approximate surface area is 89.9 Å². The van der Waals surface area contributed by atoms with Gasteiger partial charge in [0.1, 0.15) is 6.29 Å². The van der Waals surface area contributed by atoms with E-state index in [1.807, 2.05) is 0 Å². The molecular weight excluding hydrogens is 229 g/mol. The summed E-state index contributed by atoms with van der Waals surface area (Å²) >= 11 is 5.69. The number of alkyl halides is 3. The molecule has 1 atom stereocenters. The fourth-order valence-corrected chi connectivity index (χ4v) is 1.43. The quantitative estimate of drug-likeness (QED) is 0.716. The van der Waals surface area contributed by atoms with Gasteiger partial charge in [-0.25, -0.2) is 0 Å². The maximum atomic E-state index is 12.3. The highest BCUT2D eigenvalue weighted by Gasteiger charge is 2.31. The maximum absolute atomic E-state index is 12.3. The minimum absolute atomic E-state index is 0.169. The maximum Gasteiger partial charge on any atom is 0.416 e. The van der Waals surface area contributed by atoms with Crippen molar-refractivity contribution in [1.82, 2.24) is 0 Å². The Balaban J connectivity index is 3.22. The Morgan fingerprint density at radius 1 is 1.40 bits per heavy atom. The summed E-state index contributed by atoms with van der Waals surface area (Å²) < 4.78 is 37.0. The van der Waals surface area contributed by atoms with E-state index in [1.54, 1.807) is 0 Å². The van der Waals surface area contributed by atoms with Gasteiger partial charge in [0, 0.05) is 10.9 Å². The summed E-state index contributed by atoms with van der Waals surface area (Å²) in [5.74, 6) is -0.639. The van der Waals surface area contributed by atoms with E-state index in [4.69, 9.17) is 11.6 Å². The second-order valence-corrected chi connectivity index (χ2v) is 3.57. The van der Waals surface area contributed by atoms with Crippen molar-refractivity contribution in [2.75, 3.05) is 0 Å². The zero-order valence-electron chi connectivity index (χ0n) is 7.81. The number of hydrogen-bond acceptors (Lipinski definition) is 1. The average Bonchev–Trinajstić information content (AvgIpc) is 2.15. The molecule has 1 aromatic rings. The van der Waals surface area contributed by atoms with E-state index in [-0.39, 0.29) is 10.6 Å². The van der Waals surface area contributed by atoms with Gasteiger partial charge < -0.3 is 4.79 Å². The second-order valence-electron chi connectivity index (χ2n) is 3.16. The van der Waals surface area contributed by atoms with Gasteiger partial charge in [0.25, 0.3) is 0 Å². The third-order valence-electron chi connectivity index (χ3n) is 2.02. The molecule has 0 N–H and O–H groups in total. The summed E-state index contributed by atoms with van der Waals surface area (Å²) in [5, 5.41) is 0.169. The van der Waals surface area contributed by atoms with Crippen LogP contribution in [0.4, 0.5) is 13.2 Å². The van der Waals surface area contributed by atoms with E-state index in [0.29, 0.717) is 6.29 Å². The van der Waals surface area contributed by atoms with Crippen LogP contribution < -0.4 is 0 Å². The van der Waals surface area contributed by atoms with E-state index in [9.17, 15) is 18.0 Å². The Morgan fingerprint density at radius 2 is 2.00 bits per heavy atom. The predicted octanol–water partition coefficient (Wildman–Crippen LogP) is 3.66. The van der Waals surface area contributed by atoms with Crippen LogP contribution in [0.5, 0.6) is 0 Å². The molecular formula is C10H8ClF3O. The lowest BCUT2D eigenvalue weighted by molar-refractivity contribution is -0.137. The van der Waals surface area contributed by atoms with Crippen LogP contribution in [0.1, 0.15) is 24.0 Å². The average molecular weight is 237 g/mol. The largest absolute Gasteiger partial charge is 0.416 e. The number of rotatable bonds is 2. The van der Waals surface area contributed by atoms with Crippen molar-refractivity contribution in [2.24, 2.45) is 0 Å². The first-order chi connectivity index (χ1) is 6.86. The Hall–Kier alpha value is -1.03. The Bertz CT molecular complexity index is 373. The molecule has 0 aliphatic carbocycles. The van der Waals surface area contributed by atoms with Crippen LogP contribution in [0.2, 0.25) is 5.02 Å². The van der Waals surface area contributed by atoms with Crippen molar-refractivity contribution in [3.05, 3.63) is 34.3 Å². The van der Waals surface area contributed by atoms with E-state index >= 15 is 0 Å². The van der Waals surface area contributed by atoms with Gasteiger partial charge in [-0.1, -0.05) is 18.5 Å². The summed E-state index contributed by atoms with van der Waals surface area (Å²) in [5.41, 5.74) is -0.600. The molecule has 1 unspecified atom stereocenters. The van der Waals surface area contributed by atoms with Crippen LogP contribution in [-0.2, 0) is 11.0 Å². The van der Waals surface area contributed by atoms with E-state index in [2.05, 4.69) is 0 Å². The second kappa shape index (κ2) is 4.23. The lowest BCUT2D eigenvalue weighted by Gasteiger charge is -2.11. The van der Waals surface area contributed by atoms with Crippen LogP contribution in [-0.4, -0.2) is 6.29 Å². The van der Waals surface area contributed by atoms with Crippen LogP contribution in [0.25, 0.3) is 0 Å². The summed E-state index contributed by atoms with van der Waals surface area (Å²) in [6.07, 6.45) is -3.86. The zero-order valence-corrected chi connectivity index (χ0v) is 8.56. The van der Waals surface area contributed by atoms with E-state index in [0.717, 1.165) is 18.2 Å². The van der Waals surface area contributed by atoms with E-state index < -0.39 is 17.7 Å². The summed E-state index contributed by atoms with van der Waals surface area (Å²) in [7, 11) is 0. The highest BCUT2D eigenvalue weighted by molar-refractivity contribution is 6.31. The van der Waals surface area contributed by atoms with Crippen molar-refractivity contribution < 1.29 is 18.0 Å². The molecule has 0 aromatic heterocycles. The Morgan fingerprint density at radius 3 is 2.47 bits per heavy atom. The first kappa shape index (κ1) is 12.0. The van der Waals surface area contributed by atoms with Gasteiger partial charge in [-0.3, -0.25) is 0 Å². The molecule has 0 aliphatic heterocycles. The number of aldehydes is 1. The van der Waals surface area contributed by atoms with Gasteiger partial charge in [0.2, 0.25) is 0 Å². The van der Waals surface area contributed by atoms with Crippen LogP contribution in [0.3, 0.4) is 0 Å². The van der Waals surface area contributed by atoms with Crippen molar-refractivity contribution in [2.45, 2.75) is 19.0 Å². The number of carbonyl (C=O) groups excluding carboxylic acids is 1. The molecule has 82 valence electrons. The van der Waals surface area contributed by atoms with Crippen LogP contribution in [0, 0.1) is 0 Å². The van der Waals surface area contributed by atoms with Crippen LogP contribution >= 0.6 is 11.6 Å². The molecule has 0 aliphatic rings. The lowest BCUT2D eigenvalue weighted by Crippen LogP contribution is -2.07. The third-order valence-corrected chi connectivity index (χ3v) is 2.36. The summed E-state index contributed by atoms with van der Waals surface area (Å²) in [6, 6.07) is 2.95. The molecule has 0 radical (unpaired) electrons. The first-order valence-electron chi connectivity index (χ1n) is 4.18. The standard InChI is InChI=1S/C10H8ClF3O/c1-6(5-15)8-4-7(10(12,13)14)2-3-9(8)11/h2-6H,1H3. The lowest BCUT2D eigenvalue weighted by atomic mass is 10.00. The molecule has 5 heteroatoms. The molecule has 15 heavy (non-hydrogen) atoms. The molecule has 1 nitrogen and oxygen atoms in total. The molecule has 0 saturated carbocycles. The van der Waals surface area contributed by atoms with Gasteiger partial charge in [-0.05, 0) is 23.8 Å². The number of halogens is 4. The predicted molar refractivity (Wildman–Crippen MR) is 50.9 cm³/mol. The Kier molecular flexibility index (Phi) is 3.39. The number of hydrogen-bond donors (Lipinski definition) is 0. The normalized spacial score (nSPS) is 13.7. The van der Waals surface area contributed by atoms with Gasteiger partial charge in [-0.2, -0.15) is 13.2 Å². The van der Waals surface area contributed by atoms with Crippen molar-refractivity contribution in [1.29, 1.82) is 0 Å².